The monoisotopic (exact) mass is 414 g/mol. The Hall–Kier alpha value is -2.99. The number of nitrogens with zero attached hydrogens (tertiary/aromatic N) is 1. The van der Waals surface area contributed by atoms with Crippen molar-refractivity contribution >= 4 is 23.5 Å². The Morgan fingerprint density at radius 2 is 1.86 bits per heavy atom. The topological polar surface area (TPSA) is 75.5 Å². The van der Waals surface area contributed by atoms with E-state index >= 15 is 0 Å². The standard InChI is InChI=1S/C22H23ClN2O4/c1-4-28-22(27)20-14(2)19(15(3)24-20)13-25(12-18-6-5-11-29-18)21(26)16-7-9-17(23)10-8-16/h5-11,24H,4,12-13H2,1-3H3. The van der Waals surface area contributed by atoms with E-state index in [0.29, 0.717) is 41.7 Å². The third kappa shape index (κ3) is 4.71. The van der Waals surface area contributed by atoms with Crippen LogP contribution in [-0.4, -0.2) is 28.4 Å². The quantitative estimate of drug-likeness (QED) is 0.558. The Bertz CT molecular complexity index is 991. The van der Waals surface area contributed by atoms with Gasteiger partial charge in [-0.2, -0.15) is 0 Å². The lowest BCUT2D eigenvalue weighted by molar-refractivity contribution is 0.0519. The molecule has 0 saturated carbocycles. The van der Waals surface area contributed by atoms with Crippen molar-refractivity contribution in [2.24, 2.45) is 0 Å². The number of amides is 1. The number of carbonyl (C=O) groups is 2. The van der Waals surface area contributed by atoms with Crippen LogP contribution in [0, 0.1) is 13.8 Å². The summed E-state index contributed by atoms with van der Waals surface area (Å²) in [6.07, 6.45) is 1.58. The number of aromatic amines is 1. The van der Waals surface area contributed by atoms with Crippen molar-refractivity contribution in [2.45, 2.75) is 33.9 Å². The van der Waals surface area contributed by atoms with Crippen LogP contribution in [0.15, 0.2) is 47.1 Å². The fourth-order valence-electron chi connectivity index (χ4n) is 3.19. The number of ether oxygens (including phenoxy) is 1. The lowest BCUT2D eigenvalue weighted by Crippen LogP contribution is -2.30. The SMILES string of the molecule is CCOC(=O)c1[nH]c(C)c(CN(Cc2ccco2)C(=O)c2ccc(Cl)cc2)c1C. The van der Waals surface area contributed by atoms with Crippen molar-refractivity contribution in [2.75, 3.05) is 6.61 Å². The van der Waals surface area contributed by atoms with Crippen LogP contribution >= 0.6 is 11.6 Å². The third-order valence-corrected chi connectivity index (χ3v) is 4.98. The van der Waals surface area contributed by atoms with E-state index in [2.05, 4.69) is 4.98 Å². The van der Waals surface area contributed by atoms with Gasteiger partial charge in [0, 0.05) is 22.8 Å². The first kappa shape index (κ1) is 20.7. The number of carbonyl (C=O) groups excluding carboxylic acids is 2. The van der Waals surface area contributed by atoms with Crippen LogP contribution in [0.4, 0.5) is 0 Å². The Morgan fingerprint density at radius 3 is 2.48 bits per heavy atom. The van der Waals surface area contributed by atoms with E-state index in [1.165, 1.54) is 0 Å². The average Bonchev–Trinajstić information content (AvgIpc) is 3.31. The third-order valence-electron chi connectivity index (χ3n) is 4.73. The summed E-state index contributed by atoms with van der Waals surface area (Å²) in [5.74, 6) is 0.112. The van der Waals surface area contributed by atoms with E-state index in [4.69, 9.17) is 20.8 Å². The average molecular weight is 415 g/mol. The molecule has 0 saturated heterocycles. The number of hydrogen-bond acceptors (Lipinski definition) is 4. The van der Waals surface area contributed by atoms with Gasteiger partial charge in [-0.1, -0.05) is 11.6 Å². The lowest BCUT2D eigenvalue weighted by Gasteiger charge is -2.22. The van der Waals surface area contributed by atoms with Gasteiger partial charge in [0.05, 0.1) is 19.4 Å². The number of furan rings is 1. The molecule has 7 heteroatoms. The zero-order chi connectivity index (χ0) is 21.0. The molecule has 1 N–H and O–H groups in total. The van der Waals surface area contributed by atoms with Crippen molar-refractivity contribution in [1.29, 1.82) is 0 Å². The van der Waals surface area contributed by atoms with Crippen molar-refractivity contribution in [3.05, 3.63) is 81.5 Å². The van der Waals surface area contributed by atoms with Crippen LogP contribution in [0.3, 0.4) is 0 Å². The zero-order valence-electron chi connectivity index (χ0n) is 16.6. The van der Waals surface area contributed by atoms with Crippen molar-refractivity contribution in [3.63, 3.8) is 0 Å². The zero-order valence-corrected chi connectivity index (χ0v) is 17.4. The van der Waals surface area contributed by atoms with Gasteiger partial charge in [-0.15, -0.1) is 0 Å². The molecule has 0 bridgehead atoms. The molecule has 1 amide bonds. The molecular weight excluding hydrogens is 392 g/mol. The minimum absolute atomic E-state index is 0.157. The molecule has 0 atom stereocenters. The summed E-state index contributed by atoms with van der Waals surface area (Å²) in [6.45, 7) is 6.40. The molecule has 0 aliphatic rings. The molecule has 2 heterocycles. The highest BCUT2D eigenvalue weighted by atomic mass is 35.5. The van der Waals surface area contributed by atoms with Crippen molar-refractivity contribution in [1.82, 2.24) is 9.88 Å². The molecule has 0 radical (unpaired) electrons. The molecule has 6 nitrogen and oxygen atoms in total. The summed E-state index contributed by atoms with van der Waals surface area (Å²) in [5, 5.41) is 0.565. The number of hydrogen-bond donors (Lipinski definition) is 1. The van der Waals surface area contributed by atoms with Crippen LogP contribution in [0.5, 0.6) is 0 Å². The van der Waals surface area contributed by atoms with Crippen molar-refractivity contribution in [3.8, 4) is 0 Å². The summed E-state index contributed by atoms with van der Waals surface area (Å²) in [7, 11) is 0. The van der Waals surface area contributed by atoms with Gasteiger partial charge >= 0.3 is 5.97 Å². The Morgan fingerprint density at radius 1 is 1.14 bits per heavy atom. The maximum absolute atomic E-state index is 13.2. The van der Waals surface area contributed by atoms with E-state index in [9.17, 15) is 9.59 Å². The minimum Gasteiger partial charge on any atom is -0.467 e. The number of esters is 1. The van der Waals surface area contributed by atoms with E-state index < -0.39 is 5.97 Å². The predicted octanol–water partition coefficient (Wildman–Crippen LogP) is 4.90. The van der Waals surface area contributed by atoms with Gasteiger partial charge < -0.3 is 19.0 Å². The lowest BCUT2D eigenvalue weighted by atomic mass is 10.1. The van der Waals surface area contributed by atoms with Crippen LogP contribution in [0.25, 0.3) is 0 Å². The van der Waals surface area contributed by atoms with Gasteiger partial charge in [0.25, 0.3) is 5.91 Å². The highest BCUT2D eigenvalue weighted by Gasteiger charge is 2.23. The fraction of sp³-hybridized carbons (Fsp3) is 0.273. The number of nitrogens with one attached hydrogen (secondary N) is 1. The van der Waals surface area contributed by atoms with Crippen LogP contribution in [0.1, 0.15) is 50.4 Å². The molecule has 3 aromatic rings. The Balaban J connectivity index is 1.92. The van der Waals surface area contributed by atoms with Gasteiger partial charge in [0.2, 0.25) is 0 Å². The molecular formula is C22H23ClN2O4. The van der Waals surface area contributed by atoms with E-state index in [-0.39, 0.29) is 5.91 Å². The second-order valence-electron chi connectivity index (χ2n) is 6.70. The summed E-state index contributed by atoms with van der Waals surface area (Å²) in [5.41, 5.74) is 3.41. The molecule has 0 aliphatic carbocycles. The number of aromatic nitrogens is 1. The molecule has 0 unspecified atom stereocenters. The number of rotatable bonds is 7. The number of H-pyrrole nitrogens is 1. The molecule has 0 fully saturated rings. The first-order valence-electron chi connectivity index (χ1n) is 9.33. The molecule has 152 valence electrons. The normalized spacial score (nSPS) is 10.8. The van der Waals surface area contributed by atoms with Crippen molar-refractivity contribution < 1.29 is 18.7 Å². The van der Waals surface area contributed by atoms with Gasteiger partial charge in [0.1, 0.15) is 11.5 Å². The smallest absolute Gasteiger partial charge is 0.355 e. The molecule has 0 aliphatic heterocycles. The largest absolute Gasteiger partial charge is 0.467 e. The number of aryl methyl sites for hydroxylation is 1. The fourth-order valence-corrected chi connectivity index (χ4v) is 3.32. The van der Waals surface area contributed by atoms with E-state index in [1.54, 1.807) is 48.4 Å². The van der Waals surface area contributed by atoms with Gasteiger partial charge in [-0.05, 0) is 68.3 Å². The minimum atomic E-state index is -0.402. The molecule has 2 aromatic heterocycles. The molecule has 0 spiro atoms. The number of halogens is 1. The van der Waals surface area contributed by atoms with Gasteiger partial charge in [-0.25, -0.2) is 4.79 Å². The van der Waals surface area contributed by atoms with Gasteiger partial charge in [-0.3, -0.25) is 4.79 Å². The van der Waals surface area contributed by atoms with Crippen LogP contribution < -0.4 is 0 Å². The first-order valence-corrected chi connectivity index (χ1v) is 9.70. The second-order valence-corrected chi connectivity index (χ2v) is 7.13. The van der Waals surface area contributed by atoms with E-state index in [1.807, 2.05) is 19.9 Å². The molecule has 3 rings (SSSR count). The number of benzene rings is 1. The van der Waals surface area contributed by atoms with E-state index in [0.717, 1.165) is 16.8 Å². The van der Waals surface area contributed by atoms with Gasteiger partial charge in [0.15, 0.2) is 0 Å². The Kier molecular flexibility index (Phi) is 6.44. The first-order chi connectivity index (χ1) is 13.9. The predicted molar refractivity (Wildman–Crippen MR) is 110 cm³/mol. The highest BCUT2D eigenvalue weighted by molar-refractivity contribution is 6.30. The van der Waals surface area contributed by atoms with Crippen LogP contribution in [-0.2, 0) is 17.8 Å². The summed E-state index contributed by atoms with van der Waals surface area (Å²) in [4.78, 5) is 30.2. The Labute approximate surface area is 174 Å². The maximum atomic E-state index is 13.2. The second kappa shape index (κ2) is 9.01. The summed E-state index contributed by atoms with van der Waals surface area (Å²) >= 11 is 5.95. The summed E-state index contributed by atoms with van der Waals surface area (Å²) < 4.78 is 10.6. The maximum Gasteiger partial charge on any atom is 0.355 e. The molecule has 1 aromatic carbocycles. The summed E-state index contributed by atoms with van der Waals surface area (Å²) in [6, 6.07) is 10.4. The molecule has 29 heavy (non-hydrogen) atoms. The van der Waals surface area contributed by atoms with Crippen LogP contribution in [0.2, 0.25) is 5.02 Å². The highest BCUT2D eigenvalue weighted by Crippen LogP contribution is 2.23.